The molecular formula is C17H15F3N4O2. The van der Waals surface area contributed by atoms with Gasteiger partial charge in [-0.3, -0.25) is 0 Å². The highest BCUT2D eigenvalue weighted by molar-refractivity contribution is 5.68. The molecule has 1 aromatic carbocycles. The molecule has 0 aliphatic carbocycles. The fraction of sp³-hybridized carbons (Fsp3) is 0.235. The first-order valence-corrected chi connectivity index (χ1v) is 7.69. The molecule has 0 spiro atoms. The van der Waals surface area contributed by atoms with Gasteiger partial charge in [-0.2, -0.15) is 18.2 Å². The van der Waals surface area contributed by atoms with E-state index in [0.29, 0.717) is 29.6 Å². The van der Waals surface area contributed by atoms with E-state index in [2.05, 4.69) is 20.4 Å². The van der Waals surface area contributed by atoms with E-state index in [1.54, 1.807) is 37.4 Å². The van der Waals surface area contributed by atoms with Crippen LogP contribution in [0.25, 0.3) is 11.5 Å². The van der Waals surface area contributed by atoms with Gasteiger partial charge in [-0.15, -0.1) is 0 Å². The first-order chi connectivity index (χ1) is 12.4. The Morgan fingerprint density at radius 2 is 2.04 bits per heavy atom. The van der Waals surface area contributed by atoms with Crippen LogP contribution in [0, 0.1) is 6.92 Å². The van der Waals surface area contributed by atoms with Gasteiger partial charge in [0, 0.05) is 12.7 Å². The van der Waals surface area contributed by atoms with E-state index in [0.717, 1.165) is 5.56 Å². The van der Waals surface area contributed by atoms with Crippen molar-refractivity contribution in [3.63, 3.8) is 0 Å². The van der Waals surface area contributed by atoms with Crippen molar-refractivity contribution in [3.05, 3.63) is 54.0 Å². The molecule has 2 heterocycles. The molecule has 0 aliphatic rings. The molecule has 0 fully saturated rings. The summed E-state index contributed by atoms with van der Waals surface area (Å²) < 4.78 is 46.7. The number of alkyl halides is 3. The summed E-state index contributed by atoms with van der Waals surface area (Å²) in [6.07, 6.45) is -2.77. The molecule has 0 aliphatic heterocycles. The van der Waals surface area contributed by atoms with Crippen LogP contribution in [0.4, 0.5) is 19.0 Å². The normalized spacial score (nSPS) is 11.4. The monoisotopic (exact) mass is 364 g/mol. The molecule has 26 heavy (non-hydrogen) atoms. The lowest BCUT2D eigenvalue weighted by Gasteiger charge is -2.11. The number of hydrogen-bond donors (Lipinski definition) is 1. The zero-order chi connectivity index (χ0) is 18.6. The number of anilines is 1. The molecule has 0 atom stereocenters. The lowest BCUT2D eigenvalue weighted by atomic mass is 10.2. The molecule has 0 saturated heterocycles. The minimum Gasteiger partial charge on any atom is -0.484 e. The smallest absolute Gasteiger partial charge is 0.422 e. The van der Waals surface area contributed by atoms with Gasteiger partial charge >= 0.3 is 6.18 Å². The summed E-state index contributed by atoms with van der Waals surface area (Å²) in [5, 5.41) is 6.87. The van der Waals surface area contributed by atoms with Crippen molar-refractivity contribution in [2.75, 3.05) is 11.9 Å². The minimum atomic E-state index is -4.38. The Balaban J connectivity index is 1.70. The molecule has 2 aromatic heterocycles. The second kappa shape index (κ2) is 7.42. The van der Waals surface area contributed by atoms with E-state index in [9.17, 15) is 13.2 Å². The van der Waals surface area contributed by atoms with Gasteiger partial charge in [-0.25, -0.2) is 4.98 Å². The molecule has 9 heteroatoms. The lowest BCUT2D eigenvalue weighted by molar-refractivity contribution is -0.153. The minimum absolute atomic E-state index is 0.149. The maximum atomic E-state index is 12.3. The number of hydrogen-bond acceptors (Lipinski definition) is 6. The second-order valence-electron chi connectivity index (χ2n) is 5.45. The summed E-state index contributed by atoms with van der Waals surface area (Å²) in [7, 11) is 0. The second-order valence-corrected chi connectivity index (χ2v) is 5.45. The molecule has 0 unspecified atom stereocenters. The number of nitrogens with one attached hydrogen (secondary N) is 1. The lowest BCUT2D eigenvalue weighted by Crippen LogP contribution is -2.19. The molecule has 0 bridgehead atoms. The highest BCUT2D eigenvalue weighted by atomic mass is 19.4. The van der Waals surface area contributed by atoms with Crippen LogP contribution in [0.3, 0.4) is 0 Å². The van der Waals surface area contributed by atoms with Gasteiger partial charge in [0.25, 0.3) is 5.89 Å². The van der Waals surface area contributed by atoms with Crippen molar-refractivity contribution < 1.29 is 22.4 Å². The first kappa shape index (κ1) is 17.7. The number of nitrogens with zero attached hydrogens (tertiary/aromatic N) is 3. The average Bonchev–Trinajstić information content (AvgIpc) is 3.04. The van der Waals surface area contributed by atoms with Gasteiger partial charge in [-0.05, 0) is 36.8 Å². The highest BCUT2D eigenvalue weighted by Crippen LogP contribution is 2.25. The number of halogens is 3. The quantitative estimate of drug-likeness (QED) is 0.713. The molecule has 6 nitrogen and oxygen atoms in total. The topological polar surface area (TPSA) is 73.1 Å². The molecule has 0 saturated carbocycles. The molecule has 0 amide bonds. The highest BCUT2D eigenvalue weighted by Gasteiger charge is 2.28. The zero-order valence-corrected chi connectivity index (χ0v) is 13.7. The summed E-state index contributed by atoms with van der Waals surface area (Å²) in [6, 6.07) is 9.94. The van der Waals surface area contributed by atoms with Crippen LogP contribution < -0.4 is 10.1 Å². The van der Waals surface area contributed by atoms with Gasteiger partial charge in [0.05, 0.1) is 5.56 Å². The number of pyridine rings is 1. The van der Waals surface area contributed by atoms with Crippen molar-refractivity contribution in [2.45, 2.75) is 19.6 Å². The Labute approximate surface area is 147 Å². The van der Waals surface area contributed by atoms with Crippen LogP contribution in [0.2, 0.25) is 0 Å². The average molecular weight is 364 g/mol. The fourth-order valence-corrected chi connectivity index (χ4v) is 2.22. The van der Waals surface area contributed by atoms with Crippen LogP contribution in [0.15, 0.2) is 47.1 Å². The predicted octanol–water partition coefficient (Wildman–Crippen LogP) is 3.99. The van der Waals surface area contributed by atoms with E-state index in [1.165, 1.54) is 12.1 Å². The van der Waals surface area contributed by atoms with Gasteiger partial charge in [-0.1, -0.05) is 17.3 Å². The molecular weight excluding hydrogens is 349 g/mol. The van der Waals surface area contributed by atoms with E-state index in [-0.39, 0.29) is 5.75 Å². The molecule has 0 radical (unpaired) electrons. The van der Waals surface area contributed by atoms with Crippen LogP contribution >= 0.6 is 0 Å². The zero-order valence-electron chi connectivity index (χ0n) is 13.7. The third-order valence-electron chi connectivity index (χ3n) is 3.33. The third-order valence-corrected chi connectivity index (χ3v) is 3.33. The molecule has 136 valence electrons. The standard InChI is InChI=1S/C17H15F3N4O2/c1-11-23-16(26-24-11)14-6-3-7-21-15(14)22-9-12-4-2-5-13(8-12)25-10-17(18,19)20/h2-8H,9-10H2,1H3,(H,21,22). The first-order valence-electron chi connectivity index (χ1n) is 7.69. The van der Waals surface area contributed by atoms with Crippen LogP contribution in [0.5, 0.6) is 5.75 Å². The summed E-state index contributed by atoms with van der Waals surface area (Å²) in [5.74, 6) is 1.51. The Morgan fingerprint density at radius 3 is 2.77 bits per heavy atom. The number of aromatic nitrogens is 3. The largest absolute Gasteiger partial charge is 0.484 e. The third kappa shape index (κ3) is 4.71. The number of benzene rings is 1. The number of ether oxygens (including phenoxy) is 1. The Bertz CT molecular complexity index is 880. The summed E-state index contributed by atoms with van der Waals surface area (Å²) >= 11 is 0. The SMILES string of the molecule is Cc1noc(-c2cccnc2NCc2cccc(OCC(F)(F)F)c2)n1. The fourth-order valence-electron chi connectivity index (χ4n) is 2.22. The van der Waals surface area contributed by atoms with Crippen molar-refractivity contribution in [1.82, 2.24) is 15.1 Å². The predicted molar refractivity (Wildman–Crippen MR) is 87.6 cm³/mol. The van der Waals surface area contributed by atoms with Gasteiger partial charge in [0.2, 0.25) is 0 Å². The Kier molecular flexibility index (Phi) is 5.06. The maximum Gasteiger partial charge on any atom is 0.422 e. The maximum absolute atomic E-state index is 12.3. The van der Waals surface area contributed by atoms with Gasteiger partial charge in [0.1, 0.15) is 11.6 Å². The number of aryl methyl sites for hydroxylation is 1. The van der Waals surface area contributed by atoms with E-state index in [4.69, 9.17) is 9.26 Å². The summed E-state index contributed by atoms with van der Waals surface area (Å²) in [5.41, 5.74) is 1.38. The van der Waals surface area contributed by atoms with Crippen molar-refractivity contribution in [3.8, 4) is 17.2 Å². The molecule has 1 N–H and O–H groups in total. The van der Waals surface area contributed by atoms with Crippen LogP contribution in [-0.2, 0) is 6.54 Å². The van der Waals surface area contributed by atoms with Crippen LogP contribution in [-0.4, -0.2) is 27.9 Å². The summed E-state index contributed by atoms with van der Waals surface area (Å²) in [4.78, 5) is 8.43. The summed E-state index contributed by atoms with van der Waals surface area (Å²) in [6.45, 7) is 0.716. The Hall–Kier alpha value is -3.10. The van der Waals surface area contributed by atoms with Crippen molar-refractivity contribution in [2.24, 2.45) is 0 Å². The Morgan fingerprint density at radius 1 is 1.19 bits per heavy atom. The van der Waals surface area contributed by atoms with Crippen molar-refractivity contribution in [1.29, 1.82) is 0 Å². The van der Waals surface area contributed by atoms with E-state index < -0.39 is 12.8 Å². The number of rotatable bonds is 6. The van der Waals surface area contributed by atoms with Crippen molar-refractivity contribution >= 4 is 5.82 Å². The van der Waals surface area contributed by atoms with E-state index in [1.807, 2.05) is 0 Å². The molecule has 3 rings (SSSR count). The van der Waals surface area contributed by atoms with Crippen LogP contribution in [0.1, 0.15) is 11.4 Å². The molecule has 3 aromatic rings. The van der Waals surface area contributed by atoms with Gasteiger partial charge < -0.3 is 14.6 Å². The van der Waals surface area contributed by atoms with Gasteiger partial charge in [0.15, 0.2) is 12.4 Å². The van der Waals surface area contributed by atoms with E-state index >= 15 is 0 Å².